The molecule has 0 fully saturated rings. The fraction of sp³-hybridized carbons (Fsp3) is 0.417. The average Bonchev–Trinajstić information content (AvgIpc) is 2.68. The van der Waals surface area contributed by atoms with Crippen LogP contribution < -0.4 is 0 Å². The number of fused-ring (bicyclic) bond motifs is 1. The van der Waals surface area contributed by atoms with Gasteiger partial charge in [0.25, 0.3) is 0 Å². The maximum atomic E-state index is 13.8. The number of nitrogens with zero attached hydrogens (tertiary/aromatic N) is 2. The van der Waals surface area contributed by atoms with Gasteiger partial charge < -0.3 is 14.5 Å². The van der Waals surface area contributed by atoms with E-state index >= 15 is 0 Å². The highest BCUT2D eigenvalue weighted by molar-refractivity contribution is 7.71. The van der Waals surface area contributed by atoms with Gasteiger partial charge in [-0.25, -0.2) is 8.78 Å². The van der Waals surface area contributed by atoms with Crippen molar-refractivity contribution >= 4 is 23.3 Å². The van der Waals surface area contributed by atoms with E-state index in [0.717, 1.165) is 19.2 Å². The minimum atomic E-state index is -0.853. The SMILES string of the molecule is CCN(C)CCn1c(=S)[nH]c2ccc(F)c(F)c21. The summed E-state index contributed by atoms with van der Waals surface area (Å²) in [5, 5.41) is 0. The van der Waals surface area contributed by atoms with Crippen LogP contribution in [0.3, 0.4) is 0 Å². The lowest BCUT2D eigenvalue weighted by Crippen LogP contribution is -2.22. The molecule has 0 amide bonds. The lowest BCUT2D eigenvalue weighted by molar-refractivity contribution is 0.336. The molecule has 2 aromatic rings. The molecule has 0 spiro atoms. The zero-order valence-electron chi connectivity index (χ0n) is 10.3. The standard InChI is InChI=1S/C12H15F2N3S/c1-3-16(2)6-7-17-11-9(15-12(17)18)5-4-8(13)10(11)14/h4-5H,3,6-7H2,1-2H3,(H,15,18). The van der Waals surface area contributed by atoms with Crippen LogP contribution >= 0.6 is 12.2 Å². The van der Waals surface area contributed by atoms with Crippen molar-refractivity contribution in [3.05, 3.63) is 28.5 Å². The van der Waals surface area contributed by atoms with E-state index in [0.29, 0.717) is 16.8 Å². The van der Waals surface area contributed by atoms with Crippen molar-refractivity contribution in [2.24, 2.45) is 0 Å². The van der Waals surface area contributed by atoms with Gasteiger partial charge in [-0.15, -0.1) is 0 Å². The summed E-state index contributed by atoms with van der Waals surface area (Å²) in [4.78, 5) is 4.97. The van der Waals surface area contributed by atoms with E-state index in [4.69, 9.17) is 12.2 Å². The number of H-pyrrole nitrogens is 1. The zero-order valence-corrected chi connectivity index (χ0v) is 11.2. The minimum Gasteiger partial charge on any atom is -0.330 e. The van der Waals surface area contributed by atoms with Crippen LogP contribution in [0.15, 0.2) is 12.1 Å². The molecule has 3 nitrogen and oxygen atoms in total. The van der Waals surface area contributed by atoms with Gasteiger partial charge >= 0.3 is 0 Å². The molecular formula is C12H15F2N3S. The van der Waals surface area contributed by atoms with Crippen LogP contribution in [0, 0.1) is 16.4 Å². The van der Waals surface area contributed by atoms with E-state index < -0.39 is 11.6 Å². The number of benzene rings is 1. The molecule has 1 aromatic heterocycles. The molecule has 18 heavy (non-hydrogen) atoms. The monoisotopic (exact) mass is 271 g/mol. The van der Waals surface area contributed by atoms with Gasteiger partial charge in [0.2, 0.25) is 0 Å². The number of nitrogens with one attached hydrogen (secondary N) is 1. The van der Waals surface area contributed by atoms with E-state index in [1.807, 2.05) is 14.0 Å². The highest BCUT2D eigenvalue weighted by Gasteiger charge is 2.13. The summed E-state index contributed by atoms with van der Waals surface area (Å²) >= 11 is 5.14. The summed E-state index contributed by atoms with van der Waals surface area (Å²) < 4.78 is 29.1. The molecule has 0 bridgehead atoms. The number of likely N-dealkylation sites (N-methyl/N-ethyl adjacent to an activating group) is 1. The topological polar surface area (TPSA) is 24.0 Å². The number of hydrogen-bond donors (Lipinski definition) is 1. The summed E-state index contributed by atoms with van der Waals surface area (Å²) in [5.74, 6) is -1.70. The Kier molecular flexibility index (Phi) is 3.77. The molecule has 0 saturated heterocycles. The van der Waals surface area contributed by atoms with Crippen molar-refractivity contribution in [1.82, 2.24) is 14.5 Å². The molecule has 1 heterocycles. The summed E-state index contributed by atoms with van der Waals surface area (Å²) in [6, 6.07) is 2.61. The molecule has 1 aromatic carbocycles. The normalized spacial score (nSPS) is 11.6. The second kappa shape index (κ2) is 5.16. The van der Waals surface area contributed by atoms with Crippen LogP contribution in [0.25, 0.3) is 11.0 Å². The van der Waals surface area contributed by atoms with Crippen molar-refractivity contribution in [3.8, 4) is 0 Å². The Balaban J connectivity index is 2.46. The fourth-order valence-corrected chi connectivity index (χ4v) is 2.12. The van der Waals surface area contributed by atoms with Crippen molar-refractivity contribution < 1.29 is 8.78 Å². The molecule has 0 radical (unpaired) electrons. The third kappa shape index (κ3) is 2.30. The maximum Gasteiger partial charge on any atom is 0.184 e. The van der Waals surface area contributed by atoms with Crippen LogP contribution in [-0.4, -0.2) is 34.6 Å². The quantitative estimate of drug-likeness (QED) is 0.864. The second-order valence-electron chi connectivity index (χ2n) is 4.24. The third-order valence-electron chi connectivity index (χ3n) is 3.07. The van der Waals surface area contributed by atoms with Gasteiger partial charge in [0.05, 0.1) is 5.52 Å². The number of aromatic amines is 1. The van der Waals surface area contributed by atoms with E-state index in [2.05, 4.69) is 9.88 Å². The Morgan fingerprint density at radius 3 is 2.78 bits per heavy atom. The summed E-state index contributed by atoms with van der Waals surface area (Å²) in [7, 11) is 1.97. The van der Waals surface area contributed by atoms with Gasteiger partial charge in [-0.3, -0.25) is 0 Å². The smallest absolute Gasteiger partial charge is 0.184 e. The summed E-state index contributed by atoms with van der Waals surface area (Å²) in [6.45, 7) is 4.19. The first-order valence-corrected chi connectivity index (χ1v) is 6.20. The van der Waals surface area contributed by atoms with Crippen LogP contribution in [0.2, 0.25) is 0 Å². The van der Waals surface area contributed by atoms with Crippen molar-refractivity contribution in [3.63, 3.8) is 0 Å². The zero-order chi connectivity index (χ0) is 13.3. The Labute approximate surface area is 109 Å². The molecule has 6 heteroatoms. The first-order chi connectivity index (χ1) is 8.54. The Hall–Kier alpha value is -1.27. The number of rotatable bonds is 4. The summed E-state index contributed by atoms with van der Waals surface area (Å²) in [6.07, 6.45) is 0. The molecule has 2 rings (SSSR count). The van der Waals surface area contributed by atoms with Gasteiger partial charge in [-0.1, -0.05) is 6.92 Å². The van der Waals surface area contributed by atoms with E-state index in [9.17, 15) is 8.78 Å². The van der Waals surface area contributed by atoms with Gasteiger partial charge in [0.15, 0.2) is 16.4 Å². The van der Waals surface area contributed by atoms with E-state index in [1.54, 1.807) is 4.57 Å². The molecule has 1 N–H and O–H groups in total. The Morgan fingerprint density at radius 1 is 1.39 bits per heavy atom. The van der Waals surface area contributed by atoms with Crippen LogP contribution in [0.4, 0.5) is 8.78 Å². The Morgan fingerprint density at radius 2 is 2.11 bits per heavy atom. The first-order valence-electron chi connectivity index (χ1n) is 5.79. The highest BCUT2D eigenvalue weighted by atomic mass is 32.1. The predicted molar refractivity (Wildman–Crippen MR) is 70.2 cm³/mol. The fourth-order valence-electron chi connectivity index (χ4n) is 1.83. The Bertz CT molecular complexity index is 618. The van der Waals surface area contributed by atoms with Crippen molar-refractivity contribution in [2.75, 3.05) is 20.1 Å². The molecule has 0 aliphatic carbocycles. The van der Waals surface area contributed by atoms with Crippen LogP contribution in [0.5, 0.6) is 0 Å². The van der Waals surface area contributed by atoms with Crippen LogP contribution in [-0.2, 0) is 6.54 Å². The van der Waals surface area contributed by atoms with Crippen molar-refractivity contribution in [2.45, 2.75) is 13.5 Å². The highest BCUT2D eigenvalue weighted by Crippen LogP contribution is 2.20. The molecule has 0 aliphatic heterocycles. The van der Waals surface area contributed by atoms with E-state index in [1.165, 1.54) is 6.07 Å². The van der Waals surface area contributed by atoms with Gasteiger partial charge in [-0.05, 0) is 37.9 Å². The molecule has 0 saturated carbocycles. The lowest BCUT2D eigenvalue weighted by Gasteiger charge is -2.14. The average molecular weight is 271 g/mol. The molecule has 0 aliphatic rings. The van der Waals surface area contributed by atoms with E-state index in [-0.39, 0.29) is 5.52 Å². The minimum absolute atomic E-state index is 0.213. The first kappa shape index (κ1) is 13.2. The largest absolute Gasteiger partial charge is 0.330 e. The third-order valence-corrected chi connectivity index (χ3v) is 3.39. The molecular weight excluding hydrogens is 256 g/mol. The van der Waals surface area contributed by atoms with Gasteiger partial charge in [0, 0.05) is 13.1 Å². The van der Waals surface area contributed by atoms with Gasteiger partial charge in [-0.2, -0.15) is 0 Å². The van der Waals surface area contributed by atoms with Crippen LogP contribution in [0.1, 0.15) is 6.92 Å². The van der Waals surface area contributed by atoms with Gasteiger partial charge in [0.1, 0.15) is 5.52 Å². The predicted octanol–water partition coefficient (Wildman–Crippen LogP) is 2.93. The molecule has 98 valence electrons. The second-order valence-corrected chi connectivity index (χ2v) is 4.62. The summed E-state index contributed by atoms with van der Waals surface area (Å²) in [5.41, 5.74) is 0.738. The number of imidazole rings is 1. The maximum absolute atomic E-state index is 13.8. The number of aromatic nitrogens is 2. The lowest BCUT2D eigenvalue weighted by atomic mass is 10.3. The molecule has 0 unspecified atom stereocenters. The number of hydrogen-bond acceptors (Lipinski definition) is 2. The molecule has 0 atom stereocenters. The van der Waals surface area contributed by atoms with Crippen molar-refractivity contribution in [1.29, 1.82) is 0 Å². The number of halogens is 2.